The fraction of sp³-hybridized carbons (Fsp3) is 0.440. The summed E-state index contributed by atoms with van der Waals surface area (Å²) in [5, 5.41) is 3.10. The second-order valence-corrected chi connectivity index (χ2v) is 11.1. The van der Waals surface area contributed by atoms with Crippen molar-refractivity contribution in [3.63, 3.8) is 0 Å². The molecular weight excluding hydrogens is 525 g/mol. The van der Waals surface area contributed by atoms with Crippen LogP contribution in [0.1, 0.15) is 39.2 Å². The van der Waals surface area contributed by atoms with Gasteiger partial charge in [0, 0.05) is 12.6 Å². The number of rotatable bonds is 12. The highest BCUT2D eigenvalue weighted by atomic mass is 35.5. The van der Waals surface area contributed by atoms with Crippen molar-refractivity contribution in [1.82, 2.24) is 10.2 Å². The van der Waals surface area contributed by atoms with Crippen molar-refractivity contribution < 1.29 is 22.7 Å². The van der Waals surface area contributed by atoms with Crippen molar-refractivity contribution in [3.8, 4) is 5.75 Å². The topological polar surface area (TPSA) is 96.0 Å². The molecule has 0 radical (unpaired) electrons. The molecule has 0 unspecified atom stereocenters. The first-order chi connectivity index (χ1) is 16.9. The van der Waals surface area contributed by atoms with E-state index in [4.69, 9.17) is 27.9 Å². The Bertz CT molecular complexity index is 1180. The quantitative estimate of drug-likeness (QED) is 0.414. The first kappa shape index (κ1) is 29.7. The standard InChI is InChI=1S/C25H33Cl2N3O5S/c1-6-17(3)28-25(32)21(7-2)29(15-18-10-8-11-19(14-18)35-4)23(31)16-30(36(5,33)34)22-13-9-12-20(26)24(22)27/h8-14,17,21H,6-7,15-16H2,1-5H3,(H,28,32)/t17-,21-/m1/s1. The van der Waals surface area contributed by atoms with Gasteiger partial charge in [0.15, 0.2) is 0 Å². The molecule has 0 spiro atoms. The Labute approximate surface area is 223 Å². The first-order valence-corrected chi connectivity index (χ1v) is 14.2. The molecule has 0 saturated carbocycles. The molecular formula is C25H33Cl2N3O5S. The van der Waals surface area contributed by atoms with Crippen LogP contribution in [0.3, 0.4) is 0 Å². The highest BCUT2D eigenvalue weighted by Crippen LogP contribution is 2.33. The van der Waals surface area contributed by atoms with Crippen LogP contribution >= 0.6 is 23.2 Å². The summed E-state index contributed by atoms with van der Waals surface area (Å²) in [6.45, 7) is 5.14. The number of hydrogen-bond acceptors (Lipinski definition) is 5. The van der Waals surface area contributed by atoms with Crippen molar-refractivity contribution in [2.45, 2.75) is 52.2 Å². The number of hydrogen-bond donors (Lipinski definition) is 1. The third-order valence-electron chi connectivity index (χ3n) is 5.75. The van der Waals surface area contributed by atoms with E-state index in [-0.39, 0.29) is 34.2 Å². The Morgan fingerprint density at radius 2 is 1.75 bits per heavy atom. The number of nitrogens with one attached hydrogen (secondary N) is 1. The Kier molecular flexibility index (Phi) is 10.9. The Balaban J connectivity index is 2.50. The monoisotopic (exact) mass is 557 g/mol. The van der Waals surface area contributed by atoms with E-state index in [0.717, 1.165) is 22.5 Å². The van der Waals surface area contributed by atoms with Gasteiger partial charge in [0.05, 0.1) is 29.1 Å². The van der Waals surface area contributed by atoms with Crippen LogP contribution in [0.4, 0.5) is 5.69 Å². The minimum absolute atomic E-state index is 0.0123. The molecule has 36 heavy (non-hydrogen) atoms. The molecule has 1 N–H and O–H groups in total. The van der Waals surface area contributed by atoms with Gasteiger partial charge in [-0.15, -0.1) is 0 Å². The van der Waals surface area contributed by atoms with E-state index < -0.39 is 28.5 Å². The van der Waals surface area contributed by atoms with Crippen molar-refractivity contribution >= 4 is 50.7 Å². The molecule has 2 amide bonds. The summed E-state index contributed by atoms with van der Waals surface area (Å²) in [6.07, 6.45) is 2.03. The Morgan fingerprint density at radius 3 is 2.33 bits per heavy atom. The third-order valence-corrected chi connectivity index (χ3v) is 7.69. The zero-order valence-electron chi connectivity index (χ0n) is 21.1. The lowest BCUT2D eigenvalue weighted by molar-refractivity contribution is -0.140. The van der Waals surface area contributed by atoms with E-state index in [0.29, 0.717) is 12.2 Å². The summed E-state index contributed by atoms with van der Waals surface area (Å²) in [6, 6.07) is 10.8. The summed E-state index contributed by atoms with van der Waals surface area (Å²) >= 11 is 12.4. The van der Waals surface area contributed by atoms with Crippen LogP contribution < -0.4 is 14.4 Å². The van der Waals surface area contributed by atoms with Crippen molar-refractivity contribution in [1.29, 1.82) is 0 Å². The van der Waals surface area contributed by atoms with Gasteiger partial charge in [-0.05, 0) is 49.6 Å². The number of anilines is 1. The highest BCUT2D eigenvalue weighted by Gasteiger charge is 2.32. The number of carbonyl (C=O) groups excluding carboxylic acids is 2. The molecule has 0 aliphatic heterocycles. The van der Waals surface area contributed by atoms with Crippen LogP contribution in [-0.2, 0) is 26.2 Å². The summed E-state index contributed by atoms with van der Waals surface area (Å²) < 4.78 is 31.6. The number of nitrogens with zero attached hydrogens (tertiary/aromatic N) is 2. The fourth-order valence-electron chi connectivity index (χ4n) is 3.61. The van der Waals surface area contributed by atoms with E-state index in [1.54, 1.807) is 31.2 Å². The zero-order chi connectivity index (χ0) is 27.0. The average molecular weight is 559 g/mol. The van der Waals surface area contributed by atoms with Gasteiger partial charge < -0.3 is 15.0 Å². The lowest BCUT2D eigenvalue weighted by Crippen LogP contribution is -2.53. The minimum Gasteiger partial charge on any atom is -0.497 e. The highest BCUT2D eigenvalue weighted by molar-refractivity contribution is 7.92. The maximum atomic E-state index is 13.7. The Morgan fingerprint density at radius 1 is 1.08 bits per heavy atom. The third kappa shape index (κ3) is 7.75. The molecule has 2 aromatic carbocycles. The van der Waals surface area contributed by atoms with Gasteiger partial charge in [0.2, 0.25) is 21.8 Å². The van der Waals surface area contributed by atoms with Crippen LogP contribution in [-0.4, -0.2) is 57.1 Å². The molecule has 2 aromatic rings. The number of methoxy groups -OCH3 is 1. The molecule has 2 rings (SSSR count). The molecule has 0 bridgehead atoms. The minimum atomic E-state index is -3.92. The SMILES string of the molecule is CC[C@@H](C)NC(=O)[C@@H](CC)N(Cc1cccc(OC)c1)C(=O)CN(c1cccc(Cl)c1Cl)S(C)(=O)=O. The predicted octanol–water partition coefficient (Wildman–Crippen LogP) is 4.49. The molecule has 0 heterocycles. The van der Waals surface area contributed by atoms with Gasteiger partial charge in [0.1, 0.15) is 18.3 Å². The number of amides is 2. The van der Waals surface area contributed by atoms with E-state index in [9.17, 15) is 18.0 Å². The fourth-order valence-corrected chi connectivity index (χ4v) is 4.91. The number of sulfonamides is 1. The maximum absolute atomic E-state index is 13.7. The van der Waals surface area contributed by atoms with Crippen LogP contribution in [0.5, 0.6) is 5.75 Å². The molecule has 0 aliphatic carbocycles. The molecule has 198 valence electrons. The van der Waals surface area contributed by atoms with E-state index >= 15 is 0 Å². The largest absolute Gasteiger partial charge is 0.497 e. The summed E-state index contributed by atoms with van der Waals surface area (Å²) in [4.78, 5) is 28.3. The maximum Gasteiger partial charge on any atom is 0.244 e. The Hall–Kier alpha value is -2.49. The van der Waals surface area contributed by atoms with E-state index in [1.165, 1.54) is 24.1 Å². The number of ether oxygens (including phenoxy) is 1. The lowest BCUT2D eigenvalue weighted by Gasteiger charge is -2.33. The van der Waals surface area contributed by atoms with Gasteiger partial charge in [-0.2, -0.15) is 0 Å². The summed E-state index contributed by atoms with van der Waals surface area (Å²) in [7, 11) is -2.39. The summed E-state index contributed by atoms with van der Waals surface area (Å²) in [5.74, 6) is -0.277. The van der Waals surface area contributed by atoms with Gasteiger partial charge in [-0.25, -0.2) is 8.42 Å². The molecule has 0 saturated heterocycles. The second-order valence-electron chi connectivity index (χ2n) is 8.46. The van der Waals surface area contributed by atoms with Crippen LogP contribution in [0.25, 0.3) is 0 Å². The predicted molar refractivity (Wildman–Crippen MR) is 144 cm³/mol. The molecule has 11 heteroatoms. The normalized spacial score (nSPS) is 13.0. The van der Waals surface area contributed by atoms with Crippen LogP contribution in [0.15, 0.2) is 42.5 Å². The van der Waals surface area contributed by atoms with Gasteiger partial charge >= 0.3 is 0 Å². The number of benzene rings is 2. The molecule has 0 aliphatic rings. The van der Waals surface area contributed by atoms with Gasteiger partial charge in [0.25, 0.3) is 0 Å². The van der Waals surface area contributed by atoms with Crippen molar-refractivity contribution in [2.24, 2.45) is 0 Å². The van der Waals surface area contributed by atoms with Gasteiger partial charge in [-0.1, -0.05) is 55.2 Å². The molecule has 0 aromatic heterocycles. The van der Waals surface area contributed by atoms with E-state index in [2.05, 4.69) is 5.32 Å². The smallest absolute Gasteiger partial charge is 0.244 e. The second kappa shape index (κ2) is 13.2. The number of halogens is 2. The average Bonchev–Trinajstić information content (AvgIpc) is 2.83. The van der Waals surface area contributed by atoms with Crippen LogP contribution in [0.2, 0.25) is 10.0 Å². The molecule has 0 fully saturated rings. The van der Waals surface area contributed by atoms with E-state index in [1.807, 2.05) is 19.9 Å². The molecule has 8 nitrogen and oxygen atoms in total. The first-order valence-electron chi connectivity index (χ1n) is 11.6. The lowest BCUT2D eigenvalue weighted by atomic mass is 10.1. The van der Waals surface area contributed by atoms with Crippen molar-refractivity contribution in [3.05, 3.63) is 58.1 Å². The molecule has 2 atom stereocenters. The van der Waals surface area contributed by atoms with Crippen molar-refractivity contribution in [2.75, 3.05) is 24.2 Å². The van der Waals surface area contributed by atoms with Crippen LogP contribution in [0, 0.1) is 0 Å². The summed E-state index contributed by atoms with van der Waals surface area (Å²) in [5.41, 5.74) is 0.808. The van der Waals surface area contributed by atoms with Gasteiger partial charge in [-0.3, -0.25) is 13.9 Å². The zero-order valence-corrected chi connectivity index (χ0v) is 23.5. The number of carbonyl (C=O) groups is 2.